The number of esters is 1. The number of aliphatic imine (C=N–C) groups is 1. The molecule has 0 spiro atoms. The molecule has 2 N–H and O–H groups in total. The number of aromatic hydroxyl groups is 1. The molecule has 4 aromatic carbocycles. The highest BCUT2D eigenvalue weighted by Gasteiger charge is 2.23. The first-order valence-electron chi connectivity index (χ1n) is 14.2. The van der Waals surface area contributed by atoms with Crippen LogP contribution in [0.1, 0.15) is 37.4 Å². The van der Waals surface area contributed by atoms with Crippen LogP contribution >= 0.6 is 0 Å². The molecule has 0 unspecified atom stereocenters. The highest BCUT2D eigenvalue weighted by molar-refractivity contribution is 6.22. The van der Waals surface area contributed by atoms with Gasteiger partial charge in [0.05, 0.1) is 29.6 Å². The number of aromatic nitrogens is 1. The van der Waals surface area contributed by atoms with Crippen molar-refractivity contribution in [2.75, 3.05) is 33.3 Å². The fraction of sp³-hybridized carbons (Fsp3) is 0.171. The molecule has 1 aromatic heterocycles. The minimum absolute atomic E-state index is 0.0267. The number of nitrogens with one attached hydrogen (secondary N) is 1. The number of hydrogen-bond acceptors (Lipinski definition) is 6. The summed E-state index contributed by atoms with van der Waals surface area (Å²) < 4.78 is 4.85. The van der Waals surface area contributed by atoms with E-state index in [4.69, 9.17) is 9.73 Å². The van der Waals surface area contributed by atoms with Crippen molar-refractivity contribution in [3.05, 3.63) is 131 Å². The summed E-state index contributed by atoms with van der Waals surface area (Å²) >= 11 is 0. The second-order valence-electron chi connectivity index (χ2n) is 10.5. The molecule has 8 heteroatoms. The molecule has 1 fully saturated rings. The van der Waals surface area contributed by atoms with Gasteiger partial charge in [0.1, 0.15) is 0 Å². The molecule has 8 nitrogen and oxygen atoms in total. The number of carbonyl (C=O) groups is 2. The van der Waals surface area contributed by atoms with Crippen molar-refractivity contribution in [1.29, 1.82) is 0 Å². The third-order valence-electron chi connectivity index (χ3n) is 7.75. The van der Waals surface area contributed by atoms with E-state index in [-0.39, 0.29) is 11.8 Å². The maximum Gasteiger partial charge on any atom is 0.337 e. The van der Waals surface area contributed by atoms with Crippen molar-refractivity contribution in [2.45, 2.75) is 6.54 Å². The summed E-state index contributed by atoms with van der Waals surface area (Å²) in [7, 11) is 1.34. The van der Waals surface area contributed by atoms with Gasteiger partial charge >= 0.3 is 5.97 Å². The third kappa shape index (κ3) is 6.05. The Kier molecular flexibility index (Phi) is 8.02. The van der Waals surface area contributed by atoms with Crippen LogP contribution in [0.4, 0.5) is 5.69 Å². The molecule has 0 radical (unpaired) electrons. The molecule has 216 valence electrons. The minimum Gasteiger partial charge on any atom is -0.494 e. The van der Waals surface area contributed by atoms with Crippen molar-refractivity contribution in [3.63, 3.8) is 0 Å². The Bertz CT molecular complexity index is 1770. The fourth-order valence-corrected chi connectivity index (χ4v) is 5.46. The second-order valence-corrected chi connectivity index (χ2v) is 10.5. The number of carbonyl (C=O) groups excluding carboxylic acids is 2. The molecule has 0 atom stereocenters. The van der Waals surface area contributed by atoms with Crippen LogP contribution in [-0.2, 0) is 11.3 Å². The molecule has 0 bridgehead atoms. The number of H-pyrrole nitrogens is 1. The lowest BCUT2D eigenvalue weighted by molar-refractivity contribution is 0.0599. The summed E-state index contributed by atoms with van der Waals surface area (Å²) in [4.78, 5) is 37.1. The molecule has 0 saturated carbocycles. The zero-order valence-electron chi connectivity index (χ0n) is 23.9. The first-order chi connectivity index (χ1) is 21.0. The normalized spacial score (nSPS) is 14.2. The molecule has 1 aliphatic heterocycles. The van der Waals surface area contributed by atoms with E-state index in [0.717, 1.165) is 47.4 Å². The number of aromatic amines is 1. The van der Waals surface area contributed by atoms with Crippen molar-refractivity contribution in [3.8, 4) is 5.88 Å². The minimum atomic E-state index is -0.447. The molecule has 2 heterocycles. The fourth-order valence-electron chi connectivity index (χ4n) is 5.46. The van der Waals surface area contributed by atoms with Gasteiger partial charge in [0.25, 0.3) is 5.91 Å². The largest absolute Gasteiger partial charge is 0.494 e. The highest BCUT2D eigenvalue weighted by atomic mass is 16.5. The standard InChI is InChI=1S/C35H32N4O4/c1-43-35(42)27-14-17-29-30(22-27)37-33(40)31(29)32(25-8-4-2-5-9-25)36-28-15-12-24(13-16-28)23-38-18-20-39(21-19-38)34(41)26-10-6-3-7-11-26/h2-17,22,37,40H,18-21,23H2,1H3. The van der Waals surface area contributed by atoms with Gasteiger partial charge in [0.2, 0.25) is 0 Å². The summed E-state index contributed by atoms with van der Waals surface area (Å²) in [6.45, 7) is 3.81. The number of rotatable bonds is 7. The van der Waals surface area contributed by atoms with Crippen molar-refractivity contribution in [1.82, 2.24) is 14.8 Å². The van der Waals surface area contributed by atoms with Crippen molar-refractivity contribution >= 4 is 34.2 Å². The number of benzene rings is 4. The predicted octanol–water partition coefficient (Wildman–Crippen LogP) is 5.79. The summed E-state index contributed by atoms with van der Waals surface area (Å²) in [6.07, 6.45) is 0. The molecule has 1 aliphatic rings. The molecule has 1 amide bonds. The Balaban J connectivity index is 1.21. The smallest absolute Gasteiger partial charge is 0.337 e. The van der Waals surface area contributed by atoms with Crippen LogP contribution in [0.15, 0.2) is 108 Å². The molecule has 6 rings (SSSR count). The van der Waals surface area contributed by atoms with Crippen LogP contribution in [0, 0.1) is 0 Å². The van der Waals surface area contributed by atoms with E-state index in [1.807, 2.05) is 77.7 Å². The Hall–Kier alpha value is -5.21. The number of piperazine rings is 1. The number of hydrogen-bond donors (Lipinski definition) is 2. The monoisotopic (exact) mass is 572 g/mol. The van der Waals surface area contributed by atoms with Gasteiger partial charge in [-0.15, -0.1) is 0 Å². The maximum atomic E-state index is 12.8. The Morgan fingerprint density at radius 3 is 2.12 bits per heavy atom. The second kappa shape index (κ2) is 12.3. The first-order valence-corrected chi connectivity index (χ1v) is 14.2. The topological polar surface area (TPSA) is 98.2 Å². The molecular weight excluding hydrogens is 540 g/mol. The lowest BCUT2D eigenvalue weighted by Gasteiger charge is -2.34. The van der Waals surface area contributed by atoms with Gasteiger partial charge in [-0.3, -0.25) is 9.69 Å². The van der Waals surface area contributed by atoms with Gasteiger partial charge in [0, 0.05) is 54.8 Å². The van der Waals surface area contributed by atoms with Crippen molar-refractivity contribution < 1.29 is 19.4 Å². The highest BCUT2D eigenvalue weighted by Crippen LogP contribution is 2.32. The average molecular weight is 573 g/mol. The predicted molar refractivity (Wildman–Crippen MR) is 167 cm³/mol. The Labute approximate surface area is 249 Å². The maximum absolute atomic E-state index is 12.8. The van der Waals surface area contributed by atoms with Gasteiger partial charge in [0.15, 0.2) is 5.88 Å². The Morgan fingerprint density at radius 2 is 1.47 bits per heavy atom. The average Bonchev–Trinajstić information content (AvgIpc) is 3.39. The lowest BCUT2D eigenvalue weighted by Crippen LogP contribution is -2.48. The van der Waals surface area contributed by atoms with Crippen LogP contribution in [0.25, 0.3) is 10.9 Å². The molecule has 0 aliphatic carbocycles. The van der Waals surface area contributed by atoms with E-state index in [9.17, 15) is 14.7 Å². The van der Waals surface area contributed by atoms with Crippen LogP contribution in [0.5, 0.6) is 5.88 Å². The Morgan fingerprint density at radius 1 is 0.814 bits per heavy atom. The summed E-state index contributed by atoms with van der Waals surface area (Å²) in [5.74, 6) is -0.389. The number of fused-ring (bicyclic) bond motifs is 1. The van der Waals surface area contributed by atoms with Gasteiger partial charge in [-0.05, 0) is 42.0 Å². The third-order valence-corrected chi connectivity index (χ3v) is 7.75. The number of ether oxygens (including phenoxy) is 1. The quantitative estimate of drug-likeness (QED) is 0.190. The molecule has 43 heavy (non-hydrogen) atoms. The van der Waals surface area contributed by atoms with Gasteiger partial charge < -0.3 is 19.7 Å². The number of amides is 1. The van der Waals surface area contributed by atoms with E-state index >= 15 is 0 Å². The van der Waals surface area contributed by atoms with Gasteiger partial charge in [-0.25, -0.2) is 9.79 Å². The van der Waals surface area contributed by atoms with Crippen LogP contribution in [0.2, 0.25) is 0 Å². The lowest BCUT2D eigenvalue weighted by atomic mass is 10.00. The number of methoxy groups -OCH3 is 1. The molecule has 5 aromatic rings. The van der Waals surface area contributed by atoms with Gasteiger partial charge in [-0.1, -0.05) is 66.7 Å². The van der Waals surface area contributed by atoms with Crippen LogP contribution in [-0.4, -0.2) is 70.8 Å². The molecular formula is C35H32N4O4. The zero-order chi connectivity index (χ0) is 29.8. The first kappa shape index (κ1) is 27.9. The number of nitrogens with zero attached hydrogens (tertiary/aromatic N) is 3. The van der Waals surface area contributed by atoms with Crippen LogP contribution in [0.3, 0.4) is 0 Å². The SMILES string of the molecule is COC(=O)c1ccc2c(C(=Nc3ccc(CN4CCN(C(=O)c5ccccc5)CC4)cc3)c3ccccc3)c(O)[nH]c2c1. The van der Waals surface area contributed by atoms with E-state index in [1.165, 1.54) is 7.11 Å². The summed E-state index contributed by atoms with van der Waals surface area (Å²) in [6, 6.07) is 32.4. The summed E-state index contributed by atoms with van der Waals surface area (Å²) in [5.41, 5.74) is 5.67. The molecule has 1 saturated heterocycles. The van der Waals surface area contributed by atoms with Crippen LogP contribution < -0.4 is 0 Å². The van der Waals surface area contributed by atoms with E-state index in [2.05, 4.69) is 22.0 Å². The van der Waals surface area contributed by atoms with E-state index in [1.54, 1.807) is 18.2 Å². The summed E-state index contributed by atoms with van der Waals surface area (Å²) in [5, 5.41) is 11.7. The van der Waals surface area contributed by atoms with Gasteiger partial charge in [-0.2, -0.15) is 0 Å². The van der Waals surface area contributed by atoms with E-state index < -0.39 is 5.97 Å². The van der Waals surface area contributed by atoms with Crippen molar-refractivity contribution in [2.24, 2.45) is 4.99 Å². The zero-order valence-corrected chi connectivity index (χ0v) is 23.9. The van der Waals surface area contributed by atoms with E-state index in [0.29, 0.717) is 35.4 Å².